The highest BCUT2D eigenvalue weighted by Gasteiger charge is 2.24. The molecule has 0 aromatic heterocycles. The summed E-state index contributed by atoms with van der Waals surface area (Å²) in [6, 6.07) is 4.96. The lowest BCUT2D eigenvalue weighted by Gasteiger charge is -2.27. The molecule has 0 radical (unpaired) electrons. The van der Waals surface area contributed by atoms with Gasteiger partial charge < -0.3 is 15.7 Å². The number of benzene rings is 1. The van der Waals surface area contributed by atoms with E-state index in [1.807, 2.05) is 13.8 Å². The quantitative estimate of drug-likeness (QED) is 0.796. The van der Waals surface area contributed by atoms with Crippen molar-refractivity contribution < 1.29 is 14.7 Å². The van der Waals surface area contributed by atoms with E-state index in [0.29, 0.717) is 23.2 Å². The van der Waals surface area contributed by atoms with Crippen LogP contribution in [0.25, 0.3) is 0 Å². The fraction of sp³-hybridized carbons (Fsp3) is 0.429. The molecule has 0 saturated heterocycles. The van der Waals surface area contributed by atoms with Gasteiger partial charge in [-0.1, -0.05) is 13.0 Å². The lowest BCUT2D eigenvalue weighted by atomic mass is 10.0. The Labute approximate surface area is 113 Å². The summed E-state index contributed by atoms with van der Waals surface area (Å²) in [4.78, 5) is 24.7. The number of carbonyl (C=O) groups is 2. The van der Waals surface area contributed by atoms with Crippen molar-refractivity contribution in [1.82, 2.24) is 4.90 Å². The summed E-state index contributed by atoms with van der Waals surface area (Å²) in [6.07, 6.45) is 0.695. The molecule has 1 aromatic rings. The summed E-state index contributed by atoms with van der Waals surface area (Å²) in [7, 11) is 0. The first-order valence-electron chi connectivity index (χ1n) is 6.26. The van der Waals surface area contributed by atoms with Crippen LogP contribution in [0.3, 0.4) is 0 Å². The molecule has 1 amide bonds. The van der Waals surface area contributed by atoms with Crippen molar-refractivity contribution in [2.24, 2.45) is 0 Å². The van der Waals surface area contributed by atoms with Crippen molar-refractivity contribution in [2.75, 3.05) is 12.3 Å². The third kappa shape index (κ3) is 3.47. The number of amides is 1. The summed E-state index contributed by atoms with van der Waals surface area (Å²) >= 11 is 0. The number of nitrogens with zero attached hydrogens (tertiary/aromatic N) is 1. The number of anilines is 1. The van der Waals surface area contributed by atoms with E-state index in [2.05, 4.69) is 0 Å². The summed E-state index contributed by atoms with van der Waals surface area (Å²) < 4.78 is 0. The molecule has 0 heterocycles. The molecule has 104 valence electrons. The largest absolute Gasteiger partial charge is 0.480 e. The Bertz CT molecular complexity index is 486. The molecule has 1 rings (SSSR count). The van der Waals surface area contributed by atoms with Gasteiger partial charge in [0.25, 0.3) is 5.91 Å². The number of carboxylic acids is 1. The highest BCUT2D eigenvalue weighted by molar-refractivity contribution is 5.98. The maximum atomic E-state index is 12.5. The summed E-state index contributed by atoms with van der Waals surface area (Å²) in [5.41, 5.74) is 7.46. The number of carbonyl (C=O) groups excluding carboxylic acids is 1. The summed E-state index contributed by atoms with van der Waals surface area (Å²) in [5, 5.41) is 8.93. The first-order valence-corrected chi connectivity index (χ1v) is 6.26. The van der Waals surface area contributed by atoms with E-state index in [9.17, 15) is 9.59 Å². The lowest BCUT2D eigenvalue weighted by molar-refractivity contribution is -0.138. The molecule has 1 atom stereocenters. The predicted octanol–water partition coefficient (Wildman–Crippen LogP) is 1.90. The van der Waals surface area contributed by atoms with Crippen LogP contribution >= 0.6 is 0 Å². The Morgan fingerprint density at radius 2 is 2.05 bits per heavy atom. The van der Waals surface area contributed by atoms with E-state index < -0.39 is 5.97 Å². The highest BCUT2D eigenvalue weighted by Crippen LogP contribution is 2.19. The molecule has 3 N–H and O–H groups in total. The molecule has 5 nitrogen and oxygen atoms in total. The van der Waals surface area contributed by atoms with Crippen LogP contribution in [0, 0.1) is 6.92 Å². The van der Waals surface area contributed by atoms with Gasteiger partial charge in [-0.2, -0.15) is 0 Å². The number of nitrogen functional groups attached to an aromatic ring is 1. The Morgan fingerprint density at radius 3 is 2.58 bits per heavy atom. The zero-order valence-electron chi connectivity index (χ0n) is 11.5. The molecule has 19 heavy (non-hydrogen) atoms. The maximum absolute atomic E-state index is 12.5. The van der Waals surface area contributed by atoms with Crippen molar-refractivity contribution in [3.63, 3.8) is 0 Å². The van der Waals surface area contributed by atoms with Gasteiger partial charge in [-0.25, -0.2) is 0 Å². The zero-order valence-corrected chi connectivity index (χ0v) is 11.5. The normalized spacial score (nSPS) is 11.9. The standard InChI is InChI=1S/C14H20N2O3/c1-4-9(2)16(8-13(17)18)14(19)11-6-5-7-12(15)10(11)3/h5-7,9H,4,8,15H2,1-3H3,(H,17,18). The van der Waals surface area contributed by atoms with Gasteiger partial charge in [0.05, 0.1) is 0 Å². The fourth-order valence-electron chi connectivity index (χ4n) is 1.83. The number of aliphatic carboxylic acids is 1. The Kier molecular flexibility index (Phi) is 4.92. The van der Waals surface area contributed by atoms with Crippen molar-refractivity contribution in [1.29, 1.82) is 0 Å². The third-order valence-electron chi connectivity index (χ3n) is 3.30. The third-order valence-corrected chi connectivity index (χ3v) is 3.30. The first kappa shape index (κ1) is 15.0. The monoisotopic (exact) mass is 264 g/mol. The Balaban J connectivity index is 3.11. The minimum absolute atomic E-state index is 0.135. The van der Waals surface area contributed by atoms with Crippen LogP contribution in [-0.4, -0.2) is 34.5 Å². The average molecular weight is 264 g/mol. The van der Waals surface area contributed by atoms with Crippen LogP contribution in [0.5, 0.6) is 0 Å². The fourth-order valence-corrected chi connectivity index (χ4v) is 1.83. The second-order valence-corrected chi connectivity index (χ2v) is 4.60. The summed E-state index contributed by atoms with van der Waals surface area (Å²) in [5.74, 6) is -1.31. The minimum atomic E-state index is -1.02. The van der Waals surface area contributed by atoms with Gasteiger partial charge in [0.15, 0.2) is 0 Å². The average Bonchev–Trinajstić information content (AvgIpc) is 2.37. The molecule has 0 aliphatic rings. The van der Waals surface area contributed by atoms with Crippen molar-refractivity contribution in [2.45, 2.75) is 33.2 Å². The number of rotatable bonds is 5. The lowest BCUT2D eigenvalue weighted by Crippen LogP contribution is -2.42. The van der Waals surface area contributed by atoms with Gasteiger partial charge >= 0.3 is 5.97 Å². The first-order chi connectivity index (χ1) is 8.88. The van der Waals surface area contributed by atoms with Gasteiger partial charge in [-0.3, -0.25) is 9.59 Å². The van der Waals surface area contributed by atoms with Crippen molar-refractivity contribution >= 4 is 17.6 Å². The minimum Gasteiger partial charge on any atom is -0.480 e. The van der Waals surface area contributed by atoms with Crippen molar-refractivity contribution in [3.05, 3.63) is 29.3 Å². The van der Waals surface area contributed by atoms with Gasteiger partial charge in [0.2, 0.25) is 0 Å². The van der Waals surface area contributed by atoms with Crippen LogP contribution in [0.4, 0.5) is 5.69 Å². The van der Waals surface area contributed by atoms with Crippen LogP contribution in [-0.2, 0) is 4.79 Å². The van der Waals surface area contributed by atoms with Crippen molar-refractivity contribution in [3.8, 4) is 0 Å². The second kappa shape index (κ2) is 6.22. The summed E-state index contributed by atoms with van der Waals surface area (Å²) in [6.45, 7) is 5.21. The molecule has 1 aromatic carbocycles. The SMILES string of the molecule is CCC(C)N(CC(=O)O)C(=O)c1cccc(N)c1C. The van der Waals surface area contributed by atoms with E-state index in [1.54, 1.807) is 25.1 Å². The molecular weight excluding hydrogens is 244 g/mol. The second-order valence-electron chi connectivity index (χ2n) is 4.60. The maximum Gasteiger partial charge on any atom is 0.323 e. The molecular formula is C14H20N2O3. The zero-order chi connectivity index (χ0) is 14.6. The molecule has 5 heteroatoms. The van der Waals surface area contributed by atoms with E-state index >= 15 is 0 Å². The molecule has 0 bridgehead atoms. The smallest absolute Gasteiger partial charge is 0.323 e. The topological polar surface area (TPSA) is 83.6 Å². The molecule has 0 fully saturated rings. The Hall–Kier alpha value is -2.04. The number of hydrogen-bond donors (Lipinski definition) is 2. The Morgan fingerprint density at radius 1 is 1.42 bits per heavy atom. The van der Waals surface area contributed by atoms with Gasteiger partial charge in [0, 0.05) is 17.3 Å². The number of hydrogen-bond acceptors (Lipinski definition) is 3. The van der Waals surface area contributed by atoms with E-state index in [1.165, 1.54) is 4.90 Å². The number of carboxylic acid groups (broad SMARTS) is 1. The number of nitrogens with two attached hydrogens (primary N) is 1. The highest BCUT2D eigenvalue weighted by atomic mass is 16.4. The van der Waals surface area contributed by atoms with E-state index in [-0.39, 0.29) is 18.5 Å². The van der Waals surface area contributed by atoms with Gasteiger partial charge in [-0.05, 0) is 38.0 Å². The van der Waals surface area contributed by atoms with Gasteiger partial charge in [-0.15, -0.1) is 0 Å². The predicted molar refractivity (Wildman–Crippen MR) is 74.0 cm³/mol. The molecule has 0 aliphatic heterocycles. The van der Waals surface area contributed by atoms with Crippen LogP contribution in [0.1, 0.15) is 36.2 Å². The molecule has 0 aliphatic carbocycles. The van der Waals surface area contributed by atoms with Gasteiger partial charge in [0.1, 0.15) is 6.54 Å². The van der Waals surface area contributed by atoms with Crippen LogP contribution in [0.2, 0.25) is 0 Å². The van der Waals surface area contributed by atoms with Crippen LogP contribution in [0.15, 0.2) is 18.2 Å². The van der Waals surface area contributed by atoms with E-state index in [0.717, 1.165) is 0 Å². The molecule has 1 unspecified atom stereocenters. The van der Waals surface area contributed by atoms with E-state index in [4.69, 9.17) is 10.8 Å². The molecule has 0 spiro atoms. The molecule has 0 saturated carbocycles. The van der Waals surface area contributed by atoms with Crippen LogP contribution < -0.4 is 5.73 Å².